The Morgan fingerprint density at radius 3 is 2.67 bits per heavy atom. The van der Waals surface area contributed by atoms with Crippen LogP contribution in [0.1, 0.15) is 25.7 Å². The minimum absolute atomic E-state index is 0.00347. The predicted molar refractivity (Wildman–Crippen MR) is 46.8 cm³/mol. The number of nitrogens with one attached hydrogen (secondary N) is 2. The second kappa shape index (κ2) is 3.05. The summed E-state index contributed by atoms with van der Waals surface area (Å²) in [4.78, 5) is 11.6. The highest BCUT2D eigenvalue weighted by molar-refractivity contribution is 5.84. The van der Waals surface area contributed by atoms with Crippen molar-refractivity contribution in [3.63, 3.8) is 0 Å². The molecule has 0 bridgehead atoms. The third-order valence-electron chi connectivity index (χ3n) is 3.16. The van der Waals surface area contributed by atoms with E-state index in [1.165, 1.54) is 0 Å². The zero-order valence-corrected chi connectivity index (χ0v) is 7.36. The molecule has 1 unspecified atom stereocenters. The van der Waals surface area contributed by atoms with E-state index >= 15 is 0 Å². The first-order valence-corrected chi connectivity index (χ1v) is 4.83. The van der Waals surface area contributed by atoms with E-state index in [2.05, 4.69) is 10.6 Å². The van der Waals surface area contributed by atoms with Gasteiger partial charge in [0.25, 0.3) is 0 Å². The van der Waals surface area contributed by atoms with E-state index in [9.17, 15) is 4.79 Å². The van der Waals surface area contributed by atoms with Crippen LogP contribution in [0.25, 0.3) is 0 Å². The van der Waals surface area contributed by atoms with Gasteiger partial charge in [0.1, 0.15) is 0 Å². The molecule has 2 rings (SSSR count). The highest BCUT2D eigenvalue weighted by Crippen LogP contribution is 2.36. The third kappa shape index (κ3) is 1.22. The zero-order valence-electron chi connectivity index (χ0n) is 7.36. The van der Waals surface area contributed by atoms with Gasteiger partial charge in [-0.05, 0) is 38.8 Å². The SMILES string of the molecule is O=C1NCCC12CCCNCC2. The van der Waals surface area contributed by atoms with E-state index in [4.69, 9.17) is 0 Å². The van der Waals surface area contributed by atoms with E-state index in [-0.39, 0.29) is 5.41 Å². The lowest BCUT2D eigenvalue weighted by Gasteiger charge is -2.22. The summed E-state index contributed by atoms with van der Waals surface area (Å²) in [5.74, 6) is 0.297. The molecule has 2 fully saturated rings. The van der Waals surface area contributed by atoms with Crippen molar-refractivity contribution in [1.82, 2.24) is 10.6 Å². The van der Waals surface area contributed by atoms with Crippen molar-refractivity contribution < 1.29 is 4.79 Å². The van der Waals surface area contributed by atoms with Crippen molar-refractivity contribution >= 4 is 5.91 Å². The van der Waals surface area contributed by atoms with Crippen LogP contribution in [-0.4, -0.2) is 25.5 Å². The van der Waals surface area contributed by atoms with Gasteiger partial charge in [-0.2, -0.15) is 0 Å². The van der Waals surface area contributed by atoms with Gasteiger partial charge in [-0.3, -0.25) is 4.79 Å². The minimum atomic E-state index is 0.00347. The van der Waals surface area contributed by atoms with E-state index in [0.717, 1.165) is 45.3 Å². The van der Waals surface area contributed by atoms with Gasteiger partial charge >= 0.3 is 0 Å². The molecule has 2 saturated heterocycles. The van der Waals surface area contributed by atoms with Crippen LogP contribution >= 0.6 is 0 Å². The normalized spacial score (nSPS) is 36.5. The molecule has 1 spiro atoms. The molecule has 0 radical (unpaired) electrons. The van der Waals surface area contributed by atoms with Crippen LogP contribution in [0.2, 0.25) is 0 Å². The maximum Gasteiger partial charge on any atom is 0.226 e. The van der Waals surface area contributed by atoms with Gasteiger partial charge in [-0.25, -0.2) is 0 Å². The average molecular weight is 168 g/mol. The maximum absolute atomic E-state index is 11.6. The molecular formula is C9H16N2O. The summed E-state index contributed by atoms with van der Waals surface area (Å²) < 4.78 is 0. The summed E-state index contributed by atoms with van der Waals surface area (Å²) >= 11 is 0. The molecule has 2 aliphatic heterocycles. The quantitative estimate of drug-likeness (QED) is 0.545. The highest BCUT2D eigenvalue weighted by atomic mass is 16.2. The van der Waals surface area contributed by atoms with Crippen molar-refractivity contribution in [2.24, 2.45) is 5.41 Å². The summed E-state index contributed by atoms with van der Waals surface area (Å²) in [5.41, 5.74) is 0.00347. The van der Waals surface area contributed by atoms with E-state index in [1.807, 2.05) is 0 Å². The minimum Gasteiger partial charge on any atom is -0.356 e. The molecule has 1 amide bonds. The van der Waals surface area contributed by atoms with Crippen LogP contribution in [0, 0.1) is 5.41 Å². The van der Waals surface area contributed by atoms with Crippen LogP contribution in [0.15, 0.2) is 0 Å². The van der Waals surface area contributed by atoms with Gasteiger partial charge in [0, 0.05) is 6.54 Å². The summed E-state index contributed by atoms with van der Waals surface area (Å²) in [6.45, 7) is 2.97. The van der Waals surface area contributed by atoms with Crippen molar-refractivity contribution in [1.29, 1.82) is 0 Å². The van der Waals surface area contributed by atoms with Gasteiger partial charge in [0.15, 0.2) is 0 Å². The number of amides is 1. The molecule has 0 aromatic rings. The van der Waals surface area contributed by atoms with Crippen LogP contribution in [-0.2, 0) is 4.79 Å². The van der Waals surface area contributed by atoms with Crippen LogP contribution in [0.3, 0.4) is 0 Å². The maximum atomic E-state index is 11.6. The fourth-order valence-electron chi connectivity index (χ4n) is 2.32. The first-order valence-electron chi connectivity index (χ1n) is 4.83. The topological polar surface area (TPSA) is 41.1 Å². The van der Waals surface area contributed by atoms with Crippen LogP contribution in [0.5, 0.6) is 0 Å². The van der Waals surface area contributed by atoms with Gasteiger partial charge in [0.05, 0.1) is 5.41 Å². The lowest BCUT2D eigenvalue weighted by Crippen LogP contribution is -2.32. The van der Waals surface area contributed by atoms with E-state index in [1.54, 1.807) is 0 Å². The molecule has 0 saturated carbocycles. The Hall–Kier alpha value is -0.570. The van der Waals surface area contributed by atoms with Crippen molar-refractivity contribution in [2.75, 3.05) is 19.6 Å². The average Bonchev–Trinajstić information content (AvgIpc) is 2.33. The molecule has 0 aromatic heterocycles. The predicted octanol–water partition coefficient (Wildman–Crippen LogP) is 0.266. The molecule has 3 heteroatoms. The number of rotatable bonds is 0. The van der Waals surface area contributed by atoms with E-state index in [0.29, 0.717) is 5.91 Å². The first kappa shape index (κ1) is 8.05. The van der Waals surface area contributed by atoms with Gasteiger partial charge in [0.2, 0.25) is 5.91 Å². The number of hydrogen-bond acceptors (Lipinski definition) is 2. The summed E-state index contributed by atoms with van der Waals surface area (Å²) in [6.07, 6.45) is 4.30. The van der Waals surface area contributed by atoms with Gasteiger partial charge in [-0.1, -0.05) is 0 Å². The summed E-state index contributed by atoms with van der Waals surface area (Å²) in [6, 6.07) is 0. The fourth-order valence-corrected chi connectivity index (χ4v) is 2.32. The van der Waals surface area contributed by atoms with Crippen molar-refractivity contribution in [2.45, 2.75) is 25.7 Å². The Labute approximate surface area is 72.9 Å². The molecule has 0 aliphatic carbocycles. The number of carbonyl (C=O) groups is 1. The Kier molecular flexibility index (Phi) is 2.05. The molecule has 3 nitrogen and oxygen atoms in total. The molecule has 2 N–H and O–H groups in total. The lowest BCUT2D eigenvalue weighted by molar-refractivity contribution is -0.128. The highest BCUT2D eigenvalue weighted by Gasteiger charge is 2.41. The van der Waals surface area contributed by atoms with E-state index < -0.39 is 0 Å². The summed E-state index contributed by atoms with van der Waals surface area (Å²) in [7, 11) is 0. The van der Waals surface area contributed by atoms with Crippen molar-refractivity contribution in [3.05, 3.63) is 0 Å². The van der Waals surface area contributed by atoms with Crippen LogP contribution in [0.4, 0.5) is 0 Å². The number of hydrogen-bond donors (Lipinski definition) is 2. The molecular weight excluding hydrogens is 152 g/mol. The molecule has 2 aliphatic rings. The van der Waals surface area contributed by atoms with Crippen molar-refractivity contribution in [3.8, 4) is 0 Å². The van der Waals surface area contributed by atoms with Gasteiger partial charge in [-0.15, -0.1) is 0 Å². The second-order valence-electron chi connectivity index (χ2n) is 3.89. The zero-order chi connectivity index (χ0) is 8.44. The molecule has 0 aromatic carbocycles. The molecule has 68 valence electrons. The molecule has 2 heterocycles. The Morgan fingerprint density at radius 1 is 1.08 bits per heavy atom. The van der Waals surface area contributed by atoms with Crippen LogP contribution < -0.4 is 10.6 Å². The Bertz CT molecular complexity index is 183. The Morgan fingerprint density at radius 2 is 1.92 bits per heavy atom. The Balaban J connectivity index is 2.11. The standard InChI is InChI=1S/C9H16N2O/c12-8-9(4-7-11-8)2-1-5-10-6-3-9/h10H,1-7H2,(H,11,12). The monoisotopic (exact) mass is 168 g/mol. The third-order valence-corrected chi connectivity index (χ3v) is 3.16. The largest absolute Gasteiger partial charge is 0.356 e. The summed E-state index contributed by atoms with van der Waals surface area (Å²) in [5, 5.41) is 6.28. The first-order chi connectivity index (χ1) is 5.83. The molecule has 12 heavy (non-hydrogen) atoms. The fraction of sp³-hybridized carbons (Fsp3) is 0.889. The smallest absolute Gasteiger partial charge is 0.226 e. The lowest BCUT2D eigenvalue weighted by atomic mass is 9.79. The number of carbonyl (C=O) groups excluding carboxylic acids is 1. The van der Waals surface area contributed by atoms with Gasteiger partial charge < -0.3 is 10.6 Å². The second-order valence-corrected chi connectivity index (χ2v) is 3.89. The molecule has 1 atom stereocenters.